The standard InChI is InChI=1S/C14H9ClF3NO2/c15-9-4-5-12(11(7-9)14(16,17)18)19-13(21)8-2-1-3-10(20)6-8/h1-7,20H,(H,19,21). The molecule has 0 aliphatic rings. The van der Waals surface area contributed by atoms with E-state index in [1.54, 1.807) is 0 Å². The molecule has 0 saturated carbocycles. The summed E-state index contributed by atoms with van der Waals surface area (Å²) in [6.07, 6.45) is -4.65. The molecule has 0 aromatic heterocycles. The smallest absolute Gasteiger partial charge is 0.418 e. The second-order valence-corrected chi connectivity index (χ2v) is 4.63. The molecule has 0 radical (unpaired) electrons. The number of hydrogen-bond donors (Lipinski definition) is 2. The number of alkyl halides is 3. The number of carbonyl (C=O) groups excluding carboxylic acids is 1. The average Bonchev–Trinajstić information content (AvgIpc) is 2.39. The summed E-state index contributed by atoms with van der Waals surface area (Å²) >= 11 is 5.55. The van der Waals surface area contributed by atoms with E-state index in [4.69, 9.17) is 11.6 Å². The second-order valence-electron chi connectivity index (χ2n) is 4.19. The molecule has 0 aliphatic carbocycles. The van der Waals surface area contributed by atoms with Gasteiger partial charge < -0.3 is 10.4 Å². The van der Waals surface area contributed by atoms with Crippen molar-refractivity contribution in [1.29, 1.82) is 0 Å². The van der Waals surface area contributed by atoms with Crippen molar-refractivity contribution < 1.29 is 23.1 Å². The van der Waals surface area contributed by atoms with Gasteiger partial charge in [-0.1, -0.05) is 17.7 Å². The normalized spacial score (nSPS) is 11.2. The van der Waals surface area contributed by atoms with Gasteiger partial charge in [0.05, 0.1) is 11.3 Å². The van der Waals surface area contributed by atoms with E-state index in [0.29, 0.717) is 0 Å². The number of aromatic hydroxyl groups is 1. The number of benzene rings is 2. The van der Waals surface area contributed by atoms with Gasteiger partial charge in [0.2, 0.25) is 0 Å². The molecule has 0 spiro atoms. The van der Waals surface area contributed by atoms with Gasteiger partial charge in [-0.2, -0.15) is 13.2 Å². The Morgan fingerprint density at radius 3 is 2.48 bits per heavy atom. The van der Waals surface area contributed by atoms with E-state index in [9.17, 15) is 23.1 Å². The minimum Gasteiger partial charge on any atom is -0.508 e. The first-order valence-corrected chi connectivity index (χ1v) is 6.12. The van der Waals surface area contributed by atoms with Crippen LogP contribution in [0.15, 0.2) is 42.5 Å². The molecule has 3 nitrogen and oxygen atoms in total. The minimum absolute atomic E-state index is 0.0399. The first-order chi connectivity index (χ1) is 9.77. The van der Waals surface area contributed by atoms with E-state index in [-0.39, 0.29) is 16.3 Å². The van der Waals surface area contributed by atoms with Crippen LogP contribution in [0.2, 0.25) is 5.02 Å². The number of hydrogen-bond acceptors (Lipinski definition) is 2. The van der Waals surface area contributed by atoms with Crippen LogP contribution in [-0.2, 0) is 6.18 Å². The van der Waals surface area contributed by atoms with Crippen LogP contribution in [0.5, 0.6) is 5.75 Å². The fourth-order valence-electron chi connectivity index (χ4n) is 1.70. The zero-order valence-corrected chi connectivity index (χ0v) is 11.2. The molecular formula is C14H9ClF3NO2. The number of halogens is 4. The molecule has 0 unspecified atom stereocenters. The third-order valence-electron chi connectivity index (χ3n) is 2.64. The van der Waals surface area contributed by atoms with Crippen molar-refractivity contribution in [3.05, 3.63) is 58.6 Å². The lowest BCUT2D eigenvalue weighted by Crippen LogP contribution is -2.16. The molecule has 0 aliphatic heterocycles. The molecule has 2 N–H and O–H groups in total. The van der Waals surface area contributed by atoms with Gasteiger partial charge in [-0.3, -0.25) is 4.79 Å². The SMILES string of the molecule is O=C(Nc1ccc(Cl)cc1C(F)(F)F)c1cccc(O)c1. The number of rotatable bonds is 2. The number of phenolic OH excluding ortho intramolecular Hbond substituents is 1. The predicted molar refractivity (Wildman–Crippen MR) is 72.5 cm³/mol. The van der Waals surface area contributed by atoms with Crippen molar-refractivity contribution in [3.63, 3.8) is 0 Å². The van der Waals surface area contributed by atoms with Crippen LogP contribution in [-0.4, -0.2) is 11.0 Å². The molecule has 2 aromatic rings. The Morgan fingerprint density at radius 2 is 1.86 bits per heavy atom. The van der Waals surface area contributed by atoms with Crippen molar-refractivity contribution in [2.24, 2.45) is 0 Å². The molecule has 1 amide bonds. The largest absolute Gasteiger partial charge is 0.508 e. The Balaban J connectivity index is 2.34. The maximum Gasteiger partial charge on any atom is 0.418 e. The first kappa shape index (κ1) is 15.2. The summed E-state index contributed by atoms with van der Waals surface area (Å²) in [7, 11) is 0. The fourth-order valence-corrected chi connectivity index (χ4v) is 1.87. The van der Waals surface area contributed by atoms with Crippen molar-refractivity contribution in [2.45, 2.75) is 6.18 Å². The van der Waals surface area contributed by atoms with Gasteiger partial charge in [-0.25, -0.2) is 0 Å². The summed E-state index contributed by atoms with van der Waals surface area (Å²) in [4.78, 5) is 11.9. The minimum atomic E-state index is -4.65. The Hall–Kier alpha value is -2.21. The van der Waals surface area contributed by atoms with Crippen molar-refractivity contribution >= 4 is 23.2 Å². The highest BCUT2D eigenvalue weighted by atomic mass is 35.5. The summed E-state index contributed by atoms with van der Waals surface area (Å²) in [5.74, 6) is -0.923. The van der Waals surface area contributed by atoms with Gasteiger partial charge in [-0.05, 0) is 36.4 Å². The lowest BCUT2D eigenvalue weighted by atomic mass is 10.1. The van der Waals surface area contributed by atoms with Crippen molar-refractivity contribution in [3.8, 4) is 5.75 Å². The van der Waals surface area contributed by atoms with Crippen LogP contribution in [0.1, 0.15) is 15.9 Å². The van der Waals surface area contributed by atoms with Crippen LogP contribution in [0.25, 0.3) is 0 Å². The number of nitrogens with one attached hydrogen (secondary N) is 1. The summed E-state index contributed by atoms with van der Waals surface area (Å²) in [5, 5.41) is 11.3. The van der Waals surface area contributed by atoms with Gasteiger partial charge in [0, 0.05) is 10.6 Å². The predicted octanol–water partition coefficient (Wildman–Crippen LogP) is 4.32. The Bertz CT molecular complexity index is 686. The van der Waals surface area contributed by atoms with Crippen LogP contribution in [0, 0.1) is 0 Å². The Kier molecular flexibility index (Phi) is 4.09. The quantitative estimate of drug-likeness (QED) is 0.867. The number of phenols is 1. The summed E-state index contributed by atoms with van der Waals surface area (Å²) in [6.45, 7) is 0. The summed E-state index contributed by atoms with van der Waals surface area (Å²) in [6, 6.07) is 8.34. The molecule has 0 saturated heterocycles. The van der Waals surface area contributed by atoms with E-state index in [1.807, 2.05) is 0 Å². The Morgan fingerprint density at radius 1 is 1.14 bits per heavy atom. The van der Waals surface area contributed by atoms with Gasteiger partial charge in [0.25, 0.3) is 5.91 Å². The van der Waals surface area contributed by atoms with Gasteiger partial charge in [0.15, 0.2) is 0 Å². The fraction of sp³-hybridized carbons (Fsp3) is 0.0714. The highest BCUT2D eigenvalue weighted by Crippen LogP contribution is 2.36. The number of amides is 1. The topological polar surface area (TPSA) is 49.3 Å². The Labute approximate surface area is 123 Å². The molecule has 0 heterocycles. The second kappa shape index (κ2) is 5.65. The first-order valence-electron chi connectivity index (χ1n) is 5.74. The molecular weight excluding hydrogens is 307 g/mol. The van der Waals surface area contributed by atoms with Gasteiger partial charge in [-0.15, -0.1) is 0 Å². The maximum absolute atomic E-state index is 12.9. The number of anilines is 1. The zero-order chi connectivity index (χ0) is 15.6. The molecule has 7 heteroatoms. The lowest BCUT2D eigenvalue weighted by molar-refractivity contribution is -0.136. The van der Waals surface area contributed by atoms with Gasteiger partial charge in [0.1, 0.15) is 5.75 Å². The third kappa shape index (κ3) is 3.66. The molecule has 0 atom stereocenters. The summed E-state index contributed by atoms with van der Waals surface area (Å²) < 4.78 is 38.7. The van der Waals surface area contributed by atoms with E-state index < -0.39 is 23.3 Å². The lowest BCUT2D eigenvalue weighted by Gasteiger charge is -2.14. The van der Waals surface area contributed by atoms with Crippen molar-refractivity contribution in [2.75, 3.05) is 5.32 Å². The third-order valence-corrected chi connectivity index (χ3v) is 2.88. The van der Waals surface area contributed by atoms with E-state index in [2.05, 4.69) is 5.32 Å². The highest BCUT2D eigenvalue weighted by molar-refractivity contribution is 6.30. The van der Waals surface area contributed by atoms with Gasteiger partial charge >= 0.3 is 6.18 Å². The summed E-state index contributed by atoms with van der Waals surface area (Å²) in [5.41, 5.74) is -1.40. The molecule has 110 valence electrons. The van der Waals surface area contributed by atoms with E-state index >= 15 is 0 Å². The van der Waals surface area contributed by atoms with E-state index in [1.165, 1.54) is 24.3 Å². The van der Waals surface area contributed by atoms with Crippen LogP contribution in [0.3, 0.4) is 0 Å². The molecule has 0 bridgehead atoms. The monoisotopic (exact) mass is 315 g/mol. The van der Waals surface area contributed by atoms with E-state index in [0.717, 1.165) is 18.2 Å². The zero-order valence-electron chi connectivity index (χ0n) is 10.4. The molecule has 0 fully saturated rings. The van der Waals surface area contributed by atoms with Crippen LogP contribution in [0.4, 0.5) is 18.9 Å². The maximum atomic E-state index is 12.9. The van der Waals surface area contributed by atoms with Crippen molar-refractivity contribution in [1.82, 2.24) is 0 Å². The number of carbonyl (C=O) groups is 1. The highest BCUT2D eigenvalue weighted by Gasteiger charge is 2.34. The molecule has 21 heavy (non-hydrogen) atoms. The van der Waals surface area contributed by atoms with Crippen LogP contribution < -0.4 is 5.32 Å². The molecule has 2 aromatic carbocycles. The molecule has 2 rings (SSSR count). The average molecular weight is 316 g/mol. The van der Waals surface area contributed by atoms with Crippen LogP contribution >= 0.6 is 11.6 Å².